The first-order valence-electron chi connectivity index (χ1n) is 16.4. The Labute approximate surface area is 281 Å². The molecular weight excluding hydrogens is 616 g/mol. The number of ether oxygens (including phenoxy) is 2. The number of amides is 3. The Morgan fingerprint density at radius 3 is 2.54 bits per heavy atom. The summed E-state index contributed by atoms with van der Waals surface area (Å²) < 4.78 is 13.2. The van der Waals surface area contributed by atoms with Crippen molar-refractivity contribution in [2.75, 3.05) is 71.5 Å². The Hall–Kier alpha value is -4.79. The van der Waals surface area contributed by atoms with Gasteiger partial charge in [-0.05, 0) is 51.4 Å². The number of benzene rings is 1. The van der Waals surface area contributed by atoms with Gasteiger partial charge in [0.25, 0.3) is 11.8 Å². The number of hydrogen-bond acceptors (Lipinski definition) is 11. The van der Waals surface area contributed by atoms with Crippen molar-refractivity contribution in [3.05, 3.63) is 52.9 Å². The highest BCUT2D eigenvalue weighted by atomic mass is 16.5. The Morgan fingerprint density at radius 2 is 1.83 bits per heavy atom. The van der Waals surface area contributed by atoms with Gasteiger partial charge in [-0.3, -0.25) is 14.4 Å². The zero-order valence-electron chi connectivity index (χ0n) is 28.7. The van der Waals surface area contributed by atoms with Gasteiger partial charge in [0.15, 0.2) is 11.5 Å². The van der Waals surface area contributed by atoms with Gasteiger partial charge in [-0.25, -0.2) is 19.6 Å². The minimum atomic E-state index is -0.473. The van der Waals surface area contributed by atoms with Crippen LogP contribution in [-0.4, -0.2) is 119 Å². The number of anilines is 1. The van der Waals surface area contributed by atoms with Gasteiger partial charge in [-0.1, -0.05) is 13.8 Å². The highest BCUT2D eigenvalue weighted by Gasteiger charge is 2.28. The maximum atomic E-state index is 14.0. The fourth-order valence-electron chi connectivity index (χ4n) is 5.78. The highest BCUT2D eigenvalue weighted by molar-refractivity contribution is 5.97. The molecule has 0 aliphatic carbocycles. The third-order valence-electron chi connectivity index (χ3n) is 8.55. The van der Waals surface area contributed by atoms with E-state index in [1.807, 2.05) is 13.8 Å². The molecule has 1 saturated heterocycles. The van der Waals surface area contributed by atoms with Crippen LogP contribution in [0.1, 0.15) is 64.4 Å². The SMILES string of the molecule is COc1ccc2cc1OCCn1nc(C)nc1[C@H](C(C)C)NC(=O)CN(C(=O)c1cnc(N3CCN(C)CC3)nc1C)CCCNC2=O. The number of aromatic nitrogens is 5. The van der Waals surface area contributed by atoms with E-state index < -0.39 is 6.04 Å². The Morgan fingerprint density at radius 1 is 1.06 bits per heavy atom. The van der Waals surface area contributed by atoms with Crippen LogP contribution in [0.3, 0.4) is 0 Å². The van der Waals surface area contributed by atoms with Crippen LogP contribution in [-0.2, 0) is 11.3 Å². The molecule has 15 heteroatoms. The number of methoxy groups -OCH3 is 1. The number of piperazine rings is 1. The molecule has 3 amide bonds. The van der Waals surface area contributed by atoms with Crippen LogP contribution in [0.5, 0.6) is 11.5 Å². The summed E-state index contributed by atoms with van der Waals surface area (Å²) in [6.07, 6.45) is 1.96. The predicted molar refractivity (Wildman–Crippen MR) is 178 cm³/mol. The topological polar surface area (TPSA) is 160 Å². The van der Waals surface area contributed by atoms with Crippen LogP contribution in [0.2, 0.25) is 0 Å². The van der Waals surface area contributed by atoms with Crippen molar-refractivity contribution in [1.82, 2.24) is 45.2 Å². The number of nitrogens with zero attached hydrogens (tertiary/aromatic N) is 8. The molecular formula is C33H46N10O5. The molecule has 2 aromatic heterocycles. The highest BCUT2D eigenvalue weighted by Crippen LogP contribution is 2.28. The molecule has 5 rings (SSSR count). The largest absolute Gasteiger partial charge is 0.493 e. The monoisotopic (exact) mass is 662 g/mol. The van der Waals surface area contributed by atoms with Crippen molar-refractivity contribution < 1.29 is 23.9 Å². The molecule has 0 radical (unpaired) electrons. The maximum Gasteiger partial charge on any atom is 0.257 e. The van der Waals surface area contributed by atoms with Crippen molar-refractivity contribution in [3.8, 4) is 11.5 Å². The van der Waals surface area contributed by atoms with Crippen molar-refractivity contribution >= 4 is 23.7 Å². The molecule has 258 valence electrons. The molecule has 1 fully saturated rings. The van der Waals surface area contributed by atoms with Crippen LogP contribution in [0.15, 0.2) is 24.4 Å². The number of carbonyl (C=O) groups is 3. The fourth-order valence-corrected chi connectivity index (χ4v) is 5.78. The summed E-state index contributed by atoms with van der Waals surface area (Å²) in [6, 6.07) is 4.53. The van der Waals surface area contributed by atoms with E-state index in [9.17, 15) is 14.4 Å². The minimum absolute atomic E-state index is 0.0308. The molecule has 0 spiro atoms. The van der Waals surface area contributed by atoms with Crippen LogP contribution in [0.4, 0.5) is 5.95 Å². The molecule has 4 heterocycles. The summed E-state index contributed by atoms with van der Waals surface area (Å²) in [6.45, 7) is 11.8. The van der Waals surface area contributed by atoms with Gasteiger partial charge in [-0.2, -0.15) is 5.10 Å². The Bertz CT molecular complexity index is 1620. The summed E-state index contributed by atoms with van der Waals surface area (Å²) >= 11 is 0. The lowest BCUT2D eigenvalue weighted by molar-refractivity contribution is -0.123. The first kappa shape index (κ1) is 34.5. The Balaban J connectivity index is 1.42. The molecule has 2 N–H and O–H groups in total. The van der Waals surface area contributed by atoms with Crippen molar-refractivity contribution in [3.63, 3.8) is 0 Å². The zero-order valence-corrected chi connectivity index (χ0v) is 28.7. The second kappa shape index (κ2) is 15.4. The fraction of sp³-hybridized carbons (Fsp3) is 0.545. The number of aryl methyl sites for hydroxylation is 2. The van der Waals surface area contributed by atoms with E-state index in [4.69, 9.17) is 9.47 Å². The predicted octanol–water partition coefficient (Wildman–Crippen LogP) is 1.61. The van der Waals surface area contributed by atoms with E-state index in [-0.39, 0.29) is 49.9 Å². The number of hydrogen-bond donors (Lipinski definition) is 2. The minimum Gasteiger partial charge on any atom is -0.493 e. The lowest BCUT2D eigenvalue weighted by Crippen LogP contribution is -2.45. The van der Waals surface area contributed by atoms with Crippen LogP contribution in [0.25, 0.3) is 0 Å². The molecule has 1 aromatic carbocycles. The summed E-state index contributed by atoms with van der Waals surface area (Å²) in [4.78, 5) is 60.4. The quantitative estimate of drug-likeness (QED) is 0.418. The van der Waals surface area contributed by atoms with E-state index in [0.29, 0.717) is 58.9 Å². The molecule has 15 nitrogen and oxygen atoms in total. The number of nitrogens with one attached hydrogen (secondary N) is 2. The van der Waals surface area contributed by atoms with E-state index >= 15 is 0 Å². The van der Waals surface area contributed by atoms with E-state index in [1.165, 1.54) is 12.0 Å². The normalized spacial score (nSPS) is 18.7. The molecule has 1 atom stereocenters. The summed E-state index contributed by atoms with van der Waals surface area (Å²) in [5.41, 5.74) is 1.27. The molecule has 0 unspecified atom stereocenters. The van der Waals surface area contributed by atoms with Crippen LogP contribution in [0, 0.1) is 19.8 Å². The van der Waals surface area contributed by atoms with Gasteiger partial charge in [-0.15, -0.1) is 0 Å². The third-order valence-corrected chi connectivity index (χ3v) is 8.55. The van der Waals surface area contributed by atoms with E-state index in [2.05, 4.69) is 47.5 Å². The number of rotatable bonds is 4. The smallest absolute Gasteiger partial charge is 0.257 e. The van der Waals surface area contributed by atoms with Crippen molar-refractivity contribution in [2.24, 2.45) is 5.92 Å². The number of fused-ring (bicyclic) bond motifs is 3. The lowest BCUT2D eigenvalue weighted by atomic mass is 10.0. The molecule has 2 bridgehead atoms. The van der Waals surface area contributed by atoms with Crippen molar-refractivity contribution in [1.29, 1.82) is 0 Å². The van der Waals surface area contributed by atoms with Gasteiger partial charge < -0.3 is 34.8 Å². The second-order valence-electron chi connectivity index (χ2n) is 12.5. The van der Waals surface area contributed by atoms with Crippen LogP contribution < -0.4 is 25.0 Å². The maximum absolute atomic E-state index is 14.0. The molecule has 2 aliphatic heterocycles. The van der Waals surface area contributed by atoms with E-state index in [0.717, 1.165) is 26.2 Å². The molecule has 48 heavy (non-hydrogen) atoms. The number of likely N-dealkylation sites (N-methyl/N-ethyl adjacent to an activating group) is 1. The van der Waals surface area contributed by atoms with Crippen LogP contribution >= 0.6 is 0 Å². The molecule has 3 aromatic rings. The van der Waals surface area contributed by atoms with Gasteiger partial charge in [0.1, 0.15) is 18.3 Å². The average molecular weight is 663 g/mol. The van der Waals surface area contributed by atoms with Gasteiger partial charge in [0.05, 0.1) is 37.5 Å². The average Bonchev–Trinajstić information content (AvgIpc) is 3.43. The van der Waals surface area contributed by atoms with E-state index in [1.54, 1.807) is 42.9 Å². The van der Waals surface area contributed by atoms with Gasteiger partial charge in [0, 0.05) is 51.0 Å². The molecule has 2 aliphatic rings. The first-order chi connectivity index (χ1) is 23.0. The van der Waals surface area contributed by atoms with Gasteiger partial charge >= 0.3 is 0 Å². The molecule has 0 saturated carbocycles. The first-order valence-corrected chi connectivity index (χ1v) is 16.4. The van der Waals surface area contributed by atoms with Crippen molar-refractivity contribution in [2.45, 2.75) is 46.7 Å². The number of carbonyl (C=O) groups excluding carboxylic acids is 3. The standard InChI is InChI=1S/C33H46N10O5/c1-21(2)29-30-37-23(4)39-43(30)16-17-48-27-18-24(8-9-26(27)47-6)31(45)34-10-7-11-42(20-28(44)38-29)32(46)25-19-35-33(36-22(25)3)41-14-12-40(5)13-15-41/h8-9,18-19,21,29H,7,10-17,20H2,1-6H3,(H,34,45)(H,38,44)/t29-/m0/s1. The third kappa shape index (κ3) is 8.19. The van der Waals surface area contributed by atoms with Gasteiger partial charge in [0.2, 0.25) is 11.9 Å². The summed E-state index contributed by atoms with van der Waals surface area (Å²) in [5.74, 6) is 1.62. The second-order valence-corrected chi connectivity index (χ2v) is 12.5. The lowest BCUT2D eigenvalue weighted by Gasteiger charge is -2.32. The summed E-state index contributed by atoms with van der Waals surface area (Å²) in [7, 11) is 3.62. The zero-order chi connectivity index (χ0) is 34.4. The summed E-state index contributed by atoms with van der Waals surface area (Å²) in [5, 5.41) is 10.6. The Kier molecular flexibility index (Phi) is 11.1.